The Labute approximate surface area is 178 Å². The molecular weight excluding hydrogens is 400 g/mol. The topological polar surface area (TPSA) is 142 Å². The van der Waals surface area contributed by atoms with E-state index in [2.05, 4.69) is 15.3 Å². The van der Waals surface area contributed by atoms with E-state index in [4.69, 9.17) is 38.7 Å². The Hall–Kier alpha value is -1.50. The summed E-state index contributed by atoms with van der Waals surface area (Å²) in [4.78, 5) is 13.3. The van der Waals surface area contributed by atoms with Crippen LogP contribution >= 0.6 is 0 Å². The van der Waals surface area contributed by atoms with Gasteiger partial charge in [0.1, 0.15) is 0 Å². The number of carbonyl (C=O) groups excluding carboxylic acids is 1. The number of carbonyl (C=O) groups is 1. The minimum Gasteiger partial charge on any atom is -0.379 e. The van der Waals surface area contributed by atoms with Gasteiger partial charge < -0.3 is 38.5 Å². The number of rotatable bonds is 24. The highest BCUT2D eigenvalue weighted by atomic mass is 16.6. The van der Waals surface area contributed by atoms with E-state index in [-0.39, 0.29) is 5.91 Å². The quantitative estimate of drug-likeness (QED) is 0.100. The van der Waals surface area contributed by atoms with Crippen molar-refractivity contribution >= 4 is 5.91 Å². The molecule has 0 aliphatic heterocycles. The molecule has 0 rings (SSSR count). The molecular formula is C18H36N4O8. The second-order valence-electron chi connectivity index (χ2n) is 5.72. The fourth-order valence-corrected chi connectivity index (χ4v) is 1.87. The molecule has 0 atom stereocenters. The van der Waals surface area contributed by atoms with Crippen molar-refractivity contribution in [1.82, 2.24) is 5.32 Å². The van der Waals surface area contributed by atoms with E-state index < -0.39 is 0 Å². The van der Waals surface area contributed by atoms with E-state index in [1.807, 2.05) is 0 Å². The van der Waals surface area contributed by atoms with Crippen molar-refractivity contribution in [1.29, 1.82) is 0 Å². The zero-order valence-electron chi connectivity index (χ0n) is 17.9. The molecule has 0 saturated carbocycles. The van der Waals surface area contributed by atoms with E-state index in [9.17, 15) is 4.79 Å². The monoisotopic (exact) mass is 436 g/mol. The normalized spacial score (nSPS) is 10.7. The minimum atomic E-state index is -0.0621. The van der Waals surface area contributed by atoms with Gasteiger partial charge >= 0.3 is 0 Å². The van der Waals surface area contributed by atoms with Crippen molar-refractivity contribution in [2.24, 2.45) is 5.11 Å². The van der Waals surface area contributed by atoms with Gasteiger partial charge in [0.2, 0.25) is 5.91 Å². The maximum atomic E-state index is 10.6. The first-order chi connectivity index (χ1) is 14.8. The number of amides is 1. The number of ether oxygens (including phenoxy) is 7. The van der Waals surface area contributed by atoms with Crippen LogP contribution in [0.25, 0.3) is 10.4 Å². The second-order valence-corrected chi connectivity index (χ2v) is 5.72. The third kappa shape index (κ3) is 26.5. The van der Waals surface area contributed by atoms with Crippen molar-refractivity contribution in [2.45, 2.75) is 6.92 Å². The van der Waals surface area contributed by atoms with E-state index in [1.165, 1.54) is 6.92 Å². The van der Waals surface area contributed by atoms with Gasteiger partial charge in [0.15, 0.2) is 0 Å². The third-order valence-corrected chi connectivity index (χ3v) is 3.25. The summed E-state index contributed by atoms with van der Waals surface area (Å²) >= 11 is 0. The number of nitrogens with zero attached hydrogens (tertiary/aromatic N) is 3. The van der Waals surface area contributed by atoms with Crippen molar-refractivity contribution in [3.63, 3.8) is 0 Å². The van der Waals surface area contributed by atoms with Crippen molar-refractivity contribution < 1.29 is 38.0 Å². The lowest BCUT2D eigenvalue weighted by Gasteiger charge is -2.08. The average molecular weight is 437 g/mol. The van der Waals surface area contributed by atoms with Gasteiger partial charge in [-0.1, -0.05) is 5.11 Å². The molecule has 1 amide bonds. The molecule has 12 nitrogen and oxygen atoms in total. The molecule has 176 valence electrons. The largest absolute Gasteiger partial charge is 0.379 e. The number of hydrogen-bond donors (Lipinski definition) is 1. The summed E-state index contributed by atoms with van der Waals surface area (Å²) in [6.07, 6.45) is 0. The van der Waals surface area contributed by atoms with E-state index >= 15 is 0 Å². The van der Waals surface area contributed by atoms with Gasteiger partial charge in [-0.05, 0) is 5.53 Å². The smallest absolute Gasteiger partial charge is 0.216 e. The fraction of sp³-hybridized carbons (Fsp3) is 0.944. The summed E-state index contributed by atoms with van der Waals surface area (Å²) in [5.74, 6) is -0.0621. The average Bonchev–Trinajstić information content (AvgIpc) is 2.73. The zero-order valence-corrected chi connectivity index (χ0v) is 17.9. The highest BCUT2D eigenvalue weighted by Crippen LogP contribution is 1.85. The summed E-state index contributed by atoms with van der Waals surface area (Å²) in [5, 5.41) is 6.00. The van der Waals surface area contributed by atoms with Crippen molar-refractivity contribution in [3.8, 4) is 0 Å². The van der Waals surface area contributed by atoms with Crippen molar-refractivity contribution in [3.05, 3.63) is 10.4 Å². The van der Waals surface area contributed by atoms with Crippen LogP contribution in [0, 0.1) is 0 Å². The lowest BCUT2D eigenvalue weighted by Crippen LogP contribution is -2.25. The molecule has 30 heavy (non-hydrogen) atoms. The number of hydrogen-bond acceptors (Lipinski definition) is 9. The first-order valence-electron chi connectivity index (χ1n) is 10.1. The lowest BCUT2D eigenvalue weighted by atomic mass is 10.6. The Morgan fingerprint density at radius 1 is 0.667 bits per heavy atom. The molecule has 0 bridgehead atoms. The van der Waals surface area contributed by atoms with Crippen LogP contribution in [-0.2, 0) is 38.0 Å². The Morgan fingerprint density at radius 2 is 1.00 bits per heavy atom. The summed E-state index contributed by atoms with van der Waals surface area (Å²) in [6.45, 7) is 9.07. The van der Waals surface area contributed by atoms with Crippen LogP contribution in [0.4, 0.5) is 0 Å². The summed E-state index contributed by atoms with van der Waals surface area (Å²) < 4.78 is 37.3. The lowest BCUT2D eigenvalue weighted by molar-refractivity contribution is -0.119. The molecule has 0 unspecified atom stereocenters. The molecule has 0 heterocycles. The van der Waals surface area contributed by atoms with Crippen LogP contribution in [0.5, 0.6) is 0 Å². The highest BCUT2D eigenvalue weighted by Gasteiger charge is 1.95. The SMILES string of the molecule is CC(=O)NCCOCCOCCOCCOCCOCCOCCOCCN=[N+]=[N-]. The Morgan fingerprint density at radius 3 is 1.33 bits per heavy atom. The predicted molar refractivity (Wildman–Crippen MR) is 108 cm³/mol. The van der Waals surface area contributed by atoms with Crippen LogP contribution < -0.4 is 5.32 Å². The molecule has 1 N–H and O–H groups in total. The van der Waals surface area contributed by atoms with Gasteiger partial charge in [0, 0.05) is 24.9 Å². The molecule has 0 radical (unpaired) electrons. The van der Waals surface area contributed by atoms with Gasteiger partial charge in [0.05, 0.1) is 92.5 Å². The van der Waals surface area contributed by atoms with Gasteiger partial charge in [-0.25, -0.2) is 0 Å². The van der Waals surface area contributed by atoms with Crippen molar-refractivity contribution in [2.75, 3.05) is 106 Å². The fourth-order valence-electron chi connectivity index (χ4n) is 1.87. The summed E-state index contributed by atoms with van der Waals surface area (Å²) in [6, 6.07) is 0. The summed E-state index contributed by atoms with van der Waals surface area (Å²) in [5.41, 5.74) is 8.09. The first-order valence-corrected chi connectivity index (χ1v) is 10.1. The highest BCUT2D eigenvalue weighted by molar-refractivity contribution is 5.72. The predicted octanol–water partition coefficient (Wildman–Crippen LogP) is 0.549. The number of azide groups is 1. The third-order valence-electron chi connectivity index (χ3n) is 3.25. The first kappa shape index (κ1) is 28.5. The van der Waals surface area contributed by atoms with Gasteiger partial charge in [-0.3, -0.25) is 4.79 Å². The van der Waals surface area contributed by atoms with Crippen LogP contribution in [0.2, 0.25) is 0 Å². The maximum absolute atomic E-state index is 10.6. The minimum absolute atomic E-state index is 0.0621. The van der Waals surface area contributed by atoms with Crippen LogP contribution in [0.1, 0.15) is 6.92 Å². The molecule has 0 saturated heterocycles. The van der Waals surface area contributed by atoms with E-state index in [1.54, 1.807) is 0 Å². The molecule has 0 aromatic carbocycles. The maximum Gasteiger partial charge on any atom is 0.216 e. The Balaban J connectivity index is 3.02. The van der Waals surface area contributed by atoms with E-state index in [0.717, 1.165) is 0 Å². The Kier molecular flexibility index (Phi) is 24.3. The van der Waals surface area contributed by atoms with Gasteiger partial charge in [0.25, 0.3) is 0 Å². The van der Waals surface area contributed by atoms with Crippen LogP contribution in [-0.4, -0.2) is 111 Å². The van der Waals surface area contributed by atoms with Gasteiger partial charge in [-0.15, -0.1) is 0 Å². The molecule has 0 fully saturated rings. The number of nitrogens with one attached hydrogen (secondary N) is 1. The molecule has 0 aliphatic carbocycles. The molecule has 0 spiro atoms. The molecule has 0 aromatic heterocycles. The second kappa shape index (κ2) is 25.5. The standard InChI is InChI=1S/C18H36N4O8/c1-18(23)20-2-4-24-6-8-26-10-12-28-14-16-30-17-15-29-13-11-27-9-7-25-5-3-21-22-19/h2-17H2,1H3,(H,20,23). The zero-order chi connectivity index (χ0) is 22.0. The molecule has 0 aromatic rings. The summed E-state index contributed by atoms with van der Waals surface area (Å²) in [7, 11) is 0. The molecule has 12 heteroatoms. The van der Waals surface area contributed by atoms with Crippen LogP contribution in [0.3, 0.4) is 0 Å². The van der Waals surface area contributed by atoms with E-state index in [0.29, 0.717) is 106 Å². The van der Waals surface area contributed by atoms with Crippen LogP contribution in [0.15, 0.2) is 5.11 Å². The molecule has 0 aliphatic rings. The van der Waals surface area contributed by atoms with Gasteiger partial charge in [-0.2, -0.15) is 0 Å². The Bertz CT molecular complexity index is 401.